The Hall–Kier alpha value is -10.8. The summed E-state index contributed by atoms with van der Waals surface area (Å²) in [6, 6.07) is 104. The maximum absolute atomic E-state index is 2.82. The van der Waals surface area contributed by atoms with Gasteiger partial charge < -0.3 is 24.5 Å². The second kappa shape index (κ2) is 31.1. The molecule has 0 saturated heterocycles. The molecule has 9 heteroatoms. The Morgan fingerprint density at radius 2 is 0.624 bits per heavy atom. The summed E-state index contributed by atoms with van der Waals surface area (Å²) >= 11 is 4.25. The number of thiophene rings is 2. The maximum atomic E-state index is 2.82. The van der Waals surface area contributed by atoms with E-state index in [9.17, 15) is 0 Å². The molecule has 0 unspecified atom stereocenters. The van der Waals surface area contributed by atoms with E-state index in [1.807, 2.05) is 0 Å². The van der Waals surface area contributed by atoms with Crippen LogP contribution in [0.25, 0.3) is 22.3 Å². The van der Waals surface area contributed by atoms with Gasteiger partial charge >= 0.3 is 0 Å². The number of anilines is 15. The fourth-order valence-electron chi connectivity index (χ4n) is 22.8. The summed E-state index contributed by atoms with van der Waals surface area (Å²) in [4.78, 5) is 16.6. The van der Waals surface area contributed by atoms with Crippen LogP contribution in [0.2, 0.25) is 0 Å². The monoisotopic (exact) mass is 1780 g/mol. The molecule has 5 nitrogen and oxygen atoms in total. The molecule has 14 aromatic rings. The van der Waals surface area contributed by atoms with Crippen molar-refractivity contribution in [3.05, 3.63) is 326 Å². The predicted molar refractivity (Wildman–Crippen MR) is 582 cm³/mol. The molecular formula is C124H137B2N5S2. The van der Waals surface area contributed by atoms with Crippen molar-refractivity contribution in [2.75, 3.05) is 24.5 Å². The van der Waals surface area contributed by atoms with Crippen molar-refractivity contribution in [2.24, 2.45) is 0 Å². The van der Waals surface area contributed by atoms with Gasteiger partial charge in [0.25, 0.3) is 13.4 Å². The SMILES string of the molecule is CC(C)(C)c1ccc(N2c3ccc(C(C)(C)C)cc3B3c4sc5c(c4N(c4ccc(C(C)(C)C)cc4-c4ccccc4)c4cc(N(c6ccccc6)c6cccc(CC(C)(C)c7ccc8c(c7)B7c9sc%10c(c9N(c9ccc(C(C)(C)C)cc9-c9ccccc9)c9cc(C(C)(C)C)cc(c97)N8c7ccc(C(C)(C)C)cc7)C(C)(C)CCC%10(C)C)c6)cc2c43)C(C)(C)CCC5(C)C)cc1. The highest BCUT2D eigenvalue weighted by Crippen LogP contribution is 2.62. The summed E-state index contributed by atoms with van der Waals surface area (Å²) in [6.45, 7) is 67.9. The van der Waals surface area contributed by atoms with Gasteiger partial charge in [0.2, 0.25) is 0 Å². The van der Waals surface area contributed by atoms with Gasteiger partial charge in [-0.3, -0.25) is 0 Å². The van der Waals surface area contributed by atoms with Gasteiger partial charge in [-0.25, -0.2) is 0 Å². The standard InChI is InChI=1S/C124H137B2N5S2/c1-114(2,3)80-47-55-88(56-48-80)128-99-62-54-85(71-95(99)126-106-100(128)72-86(119(16,17)18)73-101(106)130(108-104-110(132-112(108)126)122(23,24)65-63-120(104,19)20)96-59-51-82(116(7,8)9)68-92(96)78-40-32-29-33-41-78)124(27,28)76-77-39-38-46-90(67-77)127(87-44-36-31-37-45-87)91-74-102-107-103(75-91)131(97-60-52-83(117(10,11)12)69-93(97)79-42-34-30-35-43-79)109-105-111(123(25,26)66-64-121(105,21)22)133-113(109)125(107)94-70-84(118(13,14)15)53-61-98(94)129(102)89-57-49-81(50-58-89)115(4,5)6/h29-62,67-75H,63-66,76H2,1-28H3. The Balaban J connectivity index is 0.807. The van der Waals surface area contributed by atoms with Crippen LogP contribution in [0, 0.1) is 0 Å². The summed E-state index contributed by atoms with van der Waals surface area (Å²) in [6.07, 6.45) is 5.22. The molecule has 2 aromatic heterocycles. The Bertz CT molecular complexity index is 6950. The molecule has 0 bridgehead atoms. The van der Waals surface area contributed by atoms with E-state index in [2.05, 4.69) is 502 Å². The quantitative estimate of drug-likeness (QED) is 0.113. The van der Waals surface area contributed by atoms with Gasteiger partial charge in [0.05, 0.1) is 28.4 Å². The lowest BCUT2D eigenvalue weighted by Gasteiger charge is -2.46. The highest BCUT2D eigenvalue weighted by atomic mass is 32.1. The first-order chi connectivity index (χ1) is 62.5. The van der Waals surface area contributed by atoms with E-state index in [4.69, 9.17) is 0 Å². The Labute approximate surface area is 805 Å². The lowest BCUT2D eigenvalue weighted by molar-refractivity contribution is 0.339. The van der Waals surface area contributed by atoms with Crippen molar-refractivity contribution in [2.45, 2.75) is 286 Å². The van der Waals surface area contributed by atoms with Crippen LogP contribution in [0.1, 0.15) is 285 Å². The topological polar surface area (TPSA) is 16.2 Å². The number of para-hydroxylation sites is 1. The van der Waals surface area contributed by atoms with E-state index in [0.29, 0.717) is 0 Å². The largest absolute Gasteiger partial charge is 0.311 e. The average molecular weight is 1780 g/mol. The van der Waals surface area contributed by atoms with Crippen LogP contribution in [0.15, 0.2) is 261 Å². The number of hydrogen-bond donors (Lipinski definition) is 0. The van der Waals surface area contributed by atoms with Gasteiger partial charge in [-0.2, -0.15) is 22.7 Å². The van der Waals surface area contributed by atoms with Crippen molar-refractivity contribution in [3.63, 3.8) is 0 Å². The van der Waals surface area contributed by atoms with Gasteiger partial charge in [-0.1, -0.05) is 346 Å². The van der Waals surface area contributed by atoms with Crippen LogP contribution < -0.4 is 55.9 Å². The summed E-state index contributed by atoms with van der Waals surface area (Å²) in [5.74, 6) is 0. The summed E-state index contributed by atoms with van der Waals surface area (Å²) in [5, 5.41) is 0. The van der Waals surface area contributed by atoms with Crippen molar-refractivity contribution in [1.82, 2.24) is 0 Å². The fourth-order valence-corrected chi connectivity index (χ4v) is 26.3. The summed E-state index contributed by atoms with van der Waals surface area (Å²) in [7, 11) is 0. The van der Waals surface area contributed by atoms with E-state index in [0.717, 1.165) is 54.9 Å². The molecular weight excluding hydrogens is 1650 g/mol. The summed E-state index contributed by atoms with van der Waals surface area (Å²) in [5.41, 5.74) is 40.8. The van der Waals surface area contributed by atoms with E-state index >= 15 is 0 Å². The van der Waals surface area contributed by atoms with Crippen LogP contribution in [-0.4, -0.2) is 13.4 Å². The lowest BCUT2D eigenvalue weighted by Crippen LogP contribution is -2.61. The third-order valence-electron chi connectivity index (χ3n) is 31.0. The molecule has 2 aliphatic carbocycles. The van der Waals surface area contributed by atoms with Crippen molar-refractivity contribution in [1.29, 1.82) is 0 Å². The Kier molecular flexibility index (Phi) is 21.1. The molecule has 0 N–H and O–H groups in total. The lowest BCUT2D eigenvalue weighted by atomic mass is 9.35. The van der Waals surface area contributed by atoms with E-state index in [1.54, 1.807) is 0 Å². The van der Waals surface area contributed by atoms with E-state index < -0.39 is 0 Å². The zero-order valence-electron chi connectivity index (χ0n) is 84.6. The molecule has 0 fully saturated rings. The van der Waals surface area contributed by atoms with Gasteiger partial charge in [0.1, 0.15) is 0 Å². The highest BCUT2D eigenvalue weighted by Gasteiger charge is 2.55. The fraction of sp³-hybridized carbons (Fsp3) is 0.355. The zero-order chi connectivity index (χ0) is 94.3. The molecule has 676 valence electrons. The number of nitrogens with zero attached hydrogens (tertiary/aromatic N) is 5. The first-order valence-electron chi connectivity index (χ1n) is 49.2. The van der Waals surface area contributed by atoms with Crippen molar-refractivity contribution >= 4 is 153 Å². The molecule has 0 saturated carbocycles. The summed E-state index contributed by atoms with van der Waals surface area (Å²) < 4.78 is 2.89. The third-order valence-corrected chi connectivity index (χ3v) is 34.3. The highest BCUT2D eigenvalue weighted by molar-refractivity contribution is 7.30. The van der Waals surface area contributed by atoms with Gasteiger partial charge in [-0.15, -0.1) is 0 Å². The van der Waals surface area contributed by atoms with Crippen LogP contribution in [0.4, 0.5) is 85.3 Å². The number of fused-ring (bicyclic) bond motifs is 12. The van der Waals surface area contributed by atoms with Crippen LogP contribution in [0.3, 0.4) is 0 Å². The van der Waals surface area contributed by atoms with Gasteiger partial charge in [0.15, 0.2) is 0 Å². The predicted octanol–water partition coefficient (Wildman–Crippen LogP) is 31.8. The second-order valence-corrected chi connectivity index (χ2v) is 51.4. The Morgan fingerprint density at radius 3 is 1.04 bits per heavy atom. The molecule has 133 heavy (non-hydrogen) atoms. The van der Waals surface area contributed by atoms with E-state index in [-0.39, 0.29) is 73.0 Å². The average Bonchev–Trinajstić information content (AvgIpc) is 1.57. The molecule has 0 amide bonds. The minimum Gasteiger partial charge on any atom is -0.311 e. The number of rotatable bonds is 12. The molecule has 0 spiro atoms. The van der Waals surface area contributed by atoms with Crippen LogP contribution in [-0.2, 0) is 66.0 Å². The normalized spacial score (nSPS) is 16.3. The third kappa shape index (κ3) is 15.2. The first-order valence-corrected chi connectivity index (χ1v) is 50.9. The van der Waals surface area contributed by atoms with Crippen LogP contribution in [0.5, 0.6) is 0 Å². The second-order valence-electron chi connectivity index (χ2n) is 49.3. The minimum atomic E-state index is -0.376. The van der Waals surface area contributed by atoms with Crippen molar-refractivity contribution < 1.29 is 0 Å². The van der Waals surface area contributed by atoms with Gasteiger partial charge in [0, 0.05) is 87.3 Å². The molecule has 20 rings (SSSR count). The Morgan fingerprint density at radius 1 is 0.286 bits per heavy atom. The number of benzene rings is 12. The first kappa shape index (κ1) is 90.0. The molecule has 0 atom stereocenters. The maximum Gasteiger partial charge on any atom is 0.264 e. The molecule has 0 radical (unpaired) electrons. The minimum absolute atomic E-state index is 0.0303. The molecule has 12 aromatic carbocycles. The zero-order valence-corrected chi connectivity index (χ0v) is 86.2. The molecule has 6 aliphatic rings. The van der Waals surface area contributed by atoms with Gasteiger partial charge in [-0.05, 0) is 289 Å². The smallest absolute Gasteiger partial charge is 0.264 e. The van der Waals surface area contributed by atoms with Crippen LogP contribution >= 0.6 is 22.7 Å². The van der Waals surface area contributed by atoms with E-state index in [1.165, 1.54) is 182 Å². The molecule has 4 aliphatic heterocycles. The number of hydrogen-bond acceptors (Lipinski definition) is 7. The van der Waals surface area contributed by atoms with Crippen molar-refractivity contribution in [3.8, 4) is 22.3 Å². The molecule has 6 heterocycles.